The second-order valence-corrected chi connectivity index (χ2v) is 10.3. The van der Waals surface area contributed by atoms with Gasteiger partial charge in [-0.2, -0.15) is 10.4 Å². The van der Waals surface area contributed by atoms with Gasteiger partial charge < -0.3 is 4.74 Å². The first-order valence-electron chi connectivity index (χ1n) is 12.3. The number of rotatable bonds is 7. The van der Waals surface area contributed by atoms with Crippen LogP contribution < -0.4 is 4.74 Å². The van der Waals surface area contributed by atoms with Gasteiger partial charge in [-0.25, -0.2) is 9.67 Å². The Bertz CT molecular complexity index is 1780. The highest BCUT2D eigenvalue weighted by molar-refractivity contribution is 7.19. The minimum absolute atomic E-state index is 0.445. The Labute approximate surface area is 234 Å². The van der Waals surface area contributed by atoms with Crippen LogP contribution in [0.3, 0.4) is 0 Å². The van der Waals surface area contributed by atoms with Gasteiger partial charge in [0.25, 0.3) is 0 Å². The summed E-state index contributed by atoms with van der Waals surface area (Å²) in [6.07, 6.45) is 3.81. The topological polar surface area (TPSA) is 63.7 Å². The van der Waals surface area contributed by atoms with Gasteiger partial charge in [0.15, 0.2) is 0 Å². The summed E-state index contributed by atoms with van der Waals surface area (Å²) in [4.78, 5) is 4.69. The second-order valence-electron chi connectivity index (χ2n) is 8.81. The molecule has 0 aliphatic rings. The maximum atomic E-state index is 10.1. The summed E-state index contributed by atoms with van der Waals surface area (Å²) in [5.74, 6) is 0.750. The number of para-hydroxylation sites is 2. The Morgan fingerprint density at radius 1 is 0.923 bits per heavy atom. The Hall–Kier alpha value is -4.70. The van der Waals surface area contributed by atoms with Crippen LogP contribution in [0, 0.1) is 11.3 Å². The quantitative estimate of drug-likeness (QED) is 0.189. The van der Waals surface area contributed by atoms with Crippen LogP contribution in [0.15, 0.2) is 109 Å². The number of nitriles is 1. The first-order chi connectivity index (χ1) is 19.2. The Kier molecular flexibility index (Phi) is 6.92. The van der Waals surface area contributed by atoms with E-state index in [1.54, 1.807) is 0 Å². The van der Waals surface area contributed by atoms with E-state index in [-0.39, 0.29) is 0 Å². The van der Waals surface area contributed by atoms with E-state index in [0.717, 1.165) is 44.0 Å². The molecule has 0 radical (unpaired) electrons. The van der Waals surface area contributed by atoms with Crippen molar-refractivity contribution in [3.8, 4) is 28.8 Å². The summed E-state index contributed by atoms with van der Waals surface area (Å²) < 4.78 is 8.84. The molecule has 0 atom stereocenters. The van der Waals surface area contributed by atoms with Gasteiger partial charge in [0, 0.05) is 22.3 Å². The Morgan fingerprint density at radius 3 is 2.41 bits per heavy atom. The molecule has 0 spiro atoms. The third kappa shape index (κ3) is 5.46. The van der Waals surface area contributed by atoms with Crippen LogP contribution >= 0.6 is 22.9 Å². The van der Waals surface area contributed by atoms with Crippen LogP contribution in [0.1, 0.15) is 16.1 Å². The van der Waals surface area contributed by atoms with E-state index in [0.29, 0.717) is 22.2 Å². The molecule has 0 bridgehead atoms. The first kappa shape index (κ1) is 24.6. The molecular formula is C32H21ClN4OS. The number of benzene rings is 4. The van der Waals surface area contributed by atoms with Crippen molar-refractivity contribution in [2.75, 3.05) is 0 Å². The van der Waals surface area contributed by atoms with E-state index in [1.165, 1.54) is 11.3 Å². The smallest absolute Gasteiger partial charge is 0.135 e. The highest BCUT2D eigenvalue weighted by Gasteiger charge is 2.15. The fourth-order valence-corrected chi connectivity index (χ4v) is 5.23. The van der Waals surface area contributed by atoms with E-state index >= 15 is 0 Å². The fraction of sp³-hybridized carbons (Fsp3) is 0.0312. The molecular weight excluding hydrogens is 524 g/mol. The molecule has 5 nitrogen and oxygen atoms in total. The van der Waals surface area contributed by atoms with Gasteiger partial charge in [0.05, 0.1) is 27.2 Å². The molecule has 7 heteroatoms. The van der Waals surface area contributed by atoms with Crippen LogP contribution in [-0.4, -0.2) is 14.8 Å². The molecule has 0 N–H and O–H groups in total. The zero-order valence-electron chi connectivity index (χ0n) is 20.7. The average Bonchev–Trinajstić information content (AvgIpc) is 3.61. The zero-order valence-corrected chi connectivity index (χ0v) is 22.2. The number of thiazole rings is 1. The lowest BCUT2D eigenvalue weighted by Gasteiger charge is -2.07. The van der Waals surface area contributed by atoms with Crippen LogP contribution in [0.4, 0.5) is 0 Å². The van der Waals surface area contributed by atoms with Gasteiger partial charge in [-0.1, -0.05) is 54.1 Å². The maximum Gasteiger partial charge on any atom is 0.135 e. The highest BCUT2D eigenvalue weighted by atomic mass is 35.5. The van der Waals surface area contributed by atoms with Gasteiger partial charge in [0.2, 0.25) is 0 Å². The predicted octanol–water partition coefficient (Wildman–Crippen LogP) is 8.45. The van der Waals surface area contributed by atoms with Gasteiger partial charge >= 0.3 is 0 Å². The number of ether oxygens (including phenoxy) is 1. The fourth-order valence-electron chi connectivity index (χ4n) is 4.17. The van der Waals surface area contributed by atoms with E-state index in [1.807, 2.05) is 120 Å². The molecule has 39 heavy (non-hydrogen) atoms. The molecule has 2 aromatic heterocycles. The van der Waals surface area contributed by atoms with Gasteiger partial charge in [0.1, 0.15) is 23.4 Å². The van der Waals surface area contributed by atoms with E-state index < -0.39 is 0 Å². The van der Waals surface area contributed by atoms with Crippen molar-refractivity contribution >= 4 is 44.8 Å². The Balaban J connectivity index is 1.34. The van der Waals surface area contributed by atoms with Crippen molar-refractivity contribution in [3.63, 3.8) is 0 Å². The number of nitrogens with zero attached hydrogens (tertiary/aromatic N) is 4. The summed E-state index contributed by atoms with van der Waals surface area (Å²) in [7, 11) is 0. The van der Waals surface area contributed by atoms with Crippen LogP contribution in [0.25, 0.3) is 38.8 Å². The molecule has 4 aromatic carbocycles. The number of hydrogen-bond donors (Lipinski definition) is 0. The molecule has 188 valence electrons. The van der Waals surface area contributed by atoms with Gasteiger partial charge in [-0.15, -0.1) is 11.3 Å². The minimum atomic E-state index is 0.445. The van der Waals surface area contributed by atoms with E-state index in [9.17, 15) is 5.26 Å². The van der Waals surface area contributed by atoms with E-state index in [2.05, 4.69) is 11.1 Å². The second kappa shape index (κ2) is 11.0. The molecule has 0 aliphatic heterocycles. The third-order valence-electron chi connectivity index (χ3n) is 6.15. The lowest BCUT2D eigenvalue weighted by atomic mass is 10.1. The molecule has 0 unspecified atom stereocenters. The normalized spacial score (nSPS) is 11.4. The van der Waals surface area contributed by atoms with Crippen molar-refractivity contribution in [1.82, 2.24) is 14.8 Å². The molecule has 6 rings (SSSR count). The predicted molar refractivity (Wildman–Crippen MR) is 158 cm³/mol. The van der Waals surface area contributed by atoms with Gasteiger partial charge in [-0.3, -0.25) is 0 Å². The molecule has 0 saturated heterocycles. The number of halogens is 1. The average molecular weight is 545 g/mol. The van der Waals surface area contributed by atoms with Crippen molar-refractivity contribution < 1.29 is 4.74 Å². The van der Waals surface area contributed by atoms with Crippen molar-refractivity contribution in [2.24, 2.45) is 0 Å². The van der Waals surface area contributed by atoms with Gasteiger partial charge in [-0.05, 0) is 72.3 Å². The molecule has 2 heterocycles. The van der Waals surface area contributed by atoms with Crippen molar-refractivity contribution in [2.45, 2.75) is 6.61 Å². The van der Waals surface area contributed by atoms with Crippen LogP contribution in [0.5, 0.6) is 5.75 Å². The standard InChI is InChI=1S/C32H21ClN4OS/c33-26-14-10-22(11-15-26)21-38-28-16-12-23(13-17-28)31-25(20-37(36-31)27-6-2-1-3-7-27)18-24(19-34)32-35-29-8-4-5-9-30(29)39-32/h1-18,20H,21H2. The van der Waals surface area contributed by atoms with Crippen LogP contribution in [-0.2, 0) is 6.61 Å². The Morgan fingerprint density at radius 2 is 1.67 bits per heavy atom. The number of allylic oxidation sites excluding steroid dienone is 1. The summed E-state index contributed by atoms with van der Waals surface area (Å²) in [5.41, 5.74) is 5.84. The molecule has 0 saturated carbocycles. The first-order valence-corrected chi connectivity index (χ1v) is 13.5. The van der Waals surface area contributed by atoms with Crippen molar-refractivity contribution in [1.29, 1.82) is 5.26 Å². The lowest BCUT2D eigenvalue weighted by molar-refractivity contribution is 0.306. The number of fused-ring (bicyclic) bond motifs is 1. The molecule has 0 aliphatic carbocycles. The number of hydrogen-bond acceptors (Lipinski definition) is 5. The summed E-state index contributed by atoms with van der Waals surface area (Å²) >= 11 is 7.49. The summed E-state index contributed by atoms with van der Waals surface area (Å²) in [6.45, 7) is 0.445. The molecule has 6 aromatic rings. The summed E-state index contributed by atoms with van der Waals surface area (Å²) in [6, 6.07) is 35.6. The maximum absolute atomic E-state index is 10.1. The highest BCUT2D eigenvalue weighted by Crippen LogP contribution is 2.32. The van der Waals surface area contributed by atoms with Crippen molar-refractivity contribution in [3.05, 3.63) is 130 Å². The SMILES string of the molecule is N#CC(=Cc1cn(-c2ccccc2)nc1-c1ccc(OCc2ccc(Cl)cc2)cc1)c1nc2ccccc2s1. The molecule has 0 amide bonds. The zero-order chi connectivity index (χ0) is 26.6. The third-order valence-corrected chi connectivity index (χ3v) is 7.48. The minimum Gasteiger partial charge on any atom is -0.489 e. The monoisotopic (exact) mass is 544 g/mol. The van der Waals surface area contributed by atoms with Crippen LogP contribution in [0.2, 0.25) is 5.02 Å². The summed E-state index contributed by atoms with van der Waals surface area (Å²) in [5, 5.41) is 16.3. The number of aromatic nitrogens is 3. The van der Waals surface area contributed by atoms with E-state index in [4.69, 9.17) is 21.4 Å². The largest absolute Gasteiger partial charge is 0.489 e. The molecule has 0 fully saturated rings. The lowest BCUT2D eigenvalue weighted by Crippen LogP contribution is -1.95.